The van der Waals surface area contributed by atoms with Gasteiger partial charge in [0.15, 0.2) is 0 Å². The van der Waals surface area contributed by atoms with Gasteiger partial charge in [-0.05, 0) is 24.1 Å². The second-order valence-electron chi connectivity index (χ2n) is 3.93. The molecule has 86 valence electrons. The monoisotopic (exact) mass is 244 g/mol. The molecule has 0 amide bonds. The Morgan fingerprint density at radius 2 is 1.76 bits per heavy atom. The minimum atomic E-state index is -1.39. The summed E-state index contributed by atoms with van der Waals surface area (Å²) in [4.78, 5) is 1.03. The van der Waals surface area contributed by atoms with Crippen molar-refractivity contribution in [3.63, 3.8) is 0 Å². The van der Waals surface area contributed by atoms with Gasteiger partial charge in [0.05, 0.1) is 0 Å². The lowest BCUT2D eigenvalue weighted by molar-refractivity contribution is 0.427. The van der Waals surface area contributed by atoms with E-state index in [0.717, 1.165) is 21.6 Å². The van der Waals surface area contributed by atoms with Crippen LogP contribution in [0.4, 0.5) is 0 Å². The van der Waals surface area contributed by atoms with Crippen LogP contribution in [0.1, 0.15) is 12.5 Å². The van der Waals surface area contributed by atoms with Gasteiger partial charge in [0.25, 0.3) is 0 Å². The third kappa shape index (κ3) is 2.66. The molecule has 0 aliphatic heterocycles. The van der Waals surface area contributed by atoms with E-state index < -0.39 is 7.12 Å². The first-order chi connectivity index (χ1) is 8.08. The molecule has 0 bridgehead atoms. The predicted molar refractivity (Wildman–Crippen MR) is 74.3 cm³/mol. The highest BCUT2D eigenvalue weighted by Gasteiger charge is 2.14. The van der Waals surface area contributed by atoms with Crippen molar-refractivity contribution in [1.82, 2.24) is 0 Å². The Balaban J connectivity index is 2.30. The van der Waals surface area contributed by atoms with Gasteiger partial charge < -0.3 is 10.0 Å². The fraction of sp³-hybridized carbons (Fsp3) is 0.0769. The highest BCUT2D eigenvalue weighted by molar-refractivity contribution is 7.24. The third-order valence-corrected chi connectivity index (χ3v) is 3.72. The summed E-state index contributed by atoms with van der Waals surface area (Å²) in [6, 6.07) is 11.7. The molecule has 1 aromatic carbocycles. The lowest BCUT2D eigenvalue weighted by atomic mass is 9.90. The zero-order valence-electron chi connectivity index (χ0n) is 9.55. The molecule has 0 radical (unpaired) electrons. The van der Waals surface area contributed by atoms with Gasteiger partial charge in [-0.2, -0.15) is 0 Å². The van der Waals surface area contributed by atoms with Gasteiger partial charge in [0.1, 0.15) is 0 Å². The lowest BCUT2D eigenvalue weighted by Gasteiger charge is -2.01. The van der Waals surface area contributed by atoms with Crippen LogP contribution >= 0.6 is 11.3 Å². The van der Waals surface area contributed by atoms with Crippen LogP contribution in [0.25, 0.3) is 16.0 Å². The summed E-state index contributed by atoms with van der Waals surface area (Å²) in [6.07, 6.45) is 0. The first-order valence-corrected chi connectivity index (χ1v) is 6.12. The van der Waals surface area contributed by atoms with E-state index in [4.69, 9.17) is 10.0 Å². The number of rotatable bonds is 3. The van der Waals surface area contributed by atoms with Crippen LogP contribution in [0.15, 0.2) is 43.0 Å². The van der Waals surface area contributed by atoms with Crippen molar-refractivity contribution in [2.45, 2.75) is 6.92 Å². The molecule has 0 unspecified atom stereocenters. The van der Waals surface area contributed by atoms with Gasteiger partial charge in [0, 0.05) is 9.65 Å². The maximum Gasteiger partial charge on any atom is 0.499 e. The molecule has 0 fully saturated rings. The second kappa shape index (κ2) is 4.88. The summed E-state index contributed by atoms with van der Waals surface area (Å²) in [6.45, 7) is 5.86. The van der Waals surface area contributed by atoms with Crippen LogP contribution in [0, 0.1) is 0 Å². The van der Waals surface area contributed by atoms with Crippen LogP contribution in [0.5, 0.6) is 0 Å². The predicted octanol–water partition coefficient (Wildman–Crippen LogP) is 2.13. The first-order valence-electron chi connectivity index (χ1n) is 5.30. The number of allylic oxidation sites excluding steroid dienone is 1. The van der Waals surface area contributed by atoms with Crippen molar-refractivity contribution in [1.29, 1.82) is 0 Å². The average molecular weight is 244 g/mol. The van der Waals surface area contributed by atoms with Gasteiger partial charge >= 0.3 is 7.12 Å². The zero-order chi connectivity index (χ0) is 12.4. The van der Waals surface area contributed by atoms with E-state index >= 15 is 0 Å². The van der Waals surface area contributed by atoms with Crippen molar-refractivity contribution in [2.24, 2.45) is 0 Å². The quantitative estimate of drug-likeness (QED) is 0.812. The molecule has 2 nitrogen and oxygen atoms in total. The molecule has 0 spiro atoms. The van der Waals surface area contributed by atoms with Crippen LogP contribution < -0.4 is 4.78 Å². The molecule has 1 heterocycles. The number of hydrogen-bond acceptors (Lipinski definition) is 3. The van der Waals surface area contributed by atoms with E-state index in [-0.39, 0.29) is 0 Å². The molecule has 2 rings (SSSR count). The Morgan fingerprint density at radius 1 is 1.12 bits per heavy atom. The van der Waals surface area contributed by atoms with Crippen molar-refractivity contribution >= 4 is 28.8 Å². The highest BCUT2D eigenvalue weighted by atomic mass is 32.1. The minimum absolute atomic E-state index is 0.559. The summed E-state index contributed by atoms with van der Waals surface area (Å²) < 4.78 is 0.559. The third-order valence-electron chi connectivity index (χ3n) is 2.54. The SMILES string of the molecule is C=C(C)c1ccc(-c2ccc(B(O)O)s2)cc1. The molecule has 1 aromatic heterocycles. The highest BCUT2D eigenvalue weighted by Crippen LogP contribution is 2.25. The lowest BCUT2D eigenvalue weighted by Crippen LogP contribution is -2.26. The molecule has 0 saturated heterocycles. The normalized spacial score (nSPS) is 10.3. The number of thiophene rings is 1. The fourth-order valence-corrected chi connectivity index (χ4v) is 2.45. The molecule has 0 aliphatic carbocycles. The maximum absolute atomic E-state index is 9.06. The molecule has 4 heteroatoms. The minimum Gasteiger partial charge on any atom is -0.423 e. The van der Waals surface area contributed by atoms with E-state index in [2.05, 4.69) is 6.58 Å². The molecule has 0 atom stereocenters. The summed E-state index contributed by atoms with van der Waals surface area (Å²) in [5, 5.41) is 18.1. The standard InChI is InChI=1S/C13H13BO2S/c1-9(2)10-3-5-11(6-4-10)12-7-8-13(17-12)14(15)16/h3-8,15-16H,1H2,2H3. The van der Waals surface area contributed by atoms with Crippen molar-refractivity contribution < 1.29 is 10.0 Å². The van der Waals surface area contributed by atoms with E-state index in [9.17, 15) is 0 Å². The van der Waals surface area contributed by atoms with Crippen LogP contribution in [0.2, 0.25) is 0 Å². The summed E-state index contributed by atoms with van der Waals surface area (Å²) in [5.74, 6) is 0. The molecule has 17 heavy (non-hydrogen) atoms. The number of benzene rings is 1. The largest absolute Gasteiger partial charge is 0.499 e. The summed E-state index contributed by atoms with van der Waals surface area (Å²) in [5.41, 5.74) is 3.23. The first kappa shape index (κ1) is 12.1. The van der Waals surface area contributed by atoms with Crippen molar-refractivity contribution in [3.8, 4) is 10.4 Å². The smallest absolute Gasteiger partial charge is 0.423 e. The van der Waals surface area contributed by atoms with Crippen LogP contribution in [0.3, 0.4) is 0 Å². The Bertz CT molecular complexity index is 529. The average Bonchev–Trinajstić information content (AvgIpc) is 2.78. The van der Waals surface area contributed by atoms with Crippen molar-refractivity contribution in [3.05, 3.63) is 48.5 Å². The molecule has 0 saturated carbocycles. The van der Waals surface area contributed by atoms with Gasteiger partial charge in [-0.3, -0.25) is 0 Å². The Kier molecular flexibility index (Phi) is 3.47. The fourth-order valence-electron chi connectivity index (χ4n) is 1.57. The second-order valence-corrected chi connectivity index (χ2v) is 5.05. The molecular formula is C13H13BO2S. The Hall–Kier alpha value is -1.36. The molecule has 2 aromatic rings. The Labute approximate surface area is 105 Å². The van der Waals surface area contributed by atoms with Gasteiger partial charge in [-0.1, -0.05) is 42.5 Å². The van der Waals surface area contributed by atoms with Crippen molar-refractivity contribution in [2.75, 3.05) is 0 Å². The molecular weight excluding hydrogens is 231 g/mol. The van der Waals surface area contributed by atoms with Gasteiger partial charge in [-0.15, -0.1) is 11.3 Å². The van der Waals surface area contributed by atoms with E-state index in [1.54, 1.807) is 6.07 Å². The number of hydrogen-bond donors (Lipinski definition) is 2. The van der Waals surface area contributed by atoms with Gasteiger partial charge in [-0.25, -0.2) is 0 Å². The topological polar surface area (TPSA) is 40.5 Å². The van der Waals surface area contributed by atoms with Gasteiger partial charge in [0.2, 0.25) is 0 Å². The molecule has 0 aliphatic rings. The van der Waals surface area contributed by atoms with Crippen LogP contribution in [-0.2, 0) is 0 Å². The van der Waals surface area contributed by atoms with E-state index in [1.165, 1.54) is 11.3 Å². The van der Waals surface area contributed by atoms with E-state index in [1.807, 2.05) is 37.3 Å². The summed E-state index contributed by atoms with van der Waals surface area (Å²) in [7, 11) is -1.39. The molecule has 2 N–H and O–H groups in total. The maximum atomic E-state index is 9.06. The Morgan fingerprint density at radius 3 is 2.24 bits per heavy atom. The van der Waals surface area contributed by atoms with E-state index in [0.29, 0.717) is 4.78 Å². The van der Waals surface area contributed by atoms with Crippen LogP contribution in [-0.4, -0.2) is 17.2 Å². The zero-order valence-corrected chi connectivity index (χ0v) is 10.4. The summed E-state index contributed by atoms with van der Waals surface area (Å²) >= 11 is 1.39.